The predicted octanol–water partition coefficient (Wildman–Crippen LogP) is 6.38. The number of hydrogen-bond acceptors (Lipinski definition) is 5. The lowest BCUT2D eigenvalue weighted by molar-refractivity contribution is -0.123. The van der Waals surface area contributed by atoms with Crippen LogP contribution in [0.2, 0.25) is 0 Å². The fraction of sp³-hybridized carbons (Fsp3) is 0.353. The van der Waals surface area contributed by atoms with Crippen LogP contribution >= 0.6 is 0 Å². The van der Waals surface area contributed by atoms with Crippen LogP contribution in [0, 0.1) is 13.8 Å². The molecule has 1 heterocycles. The van der Waals surface area contributed by atoms with Gasteiger partial charge in [-0.25, -0.2) is 4.98 Å². The molecular formula is C34H41N3O4. The van der Waals surface area contributed by atoms with Gasteiger partial charge in [-0.1, -0.05) is 36.4 Å². The summed E-state index contributed by atoms with van der Waals surface area (Å²) in [5, 5.41) is 2.97. The van der Waals surface area contributed by atoms with Gasteiger partial charge in [0.2, 0.25) is 0 Å². The Bertz CT molecular complexity index is 1460. The first-order valence-corrected chi connectivity index (χ1v) is 14.3. The minimum Gasteiger partial charge on any atom is -0.493 e. The van der Waals surface area contributed by atoms with Gasteiger partial charge in [-0.05, 0) is 86.6 Å². The topological polar surface area (TPSA) is 74.6 Å². The molecule has 0 fully saturated rings. The van der Waals surface area contributed by atoms with Crippen molar-refractivity contribution in [3.8, 4) is 17.2 Å². The van der Waals surface area contributed by atoms with Crippen molar-refractivity contribution in [2.45, 2.75) is 52.5 Å². The number of carbonyl (C=O) groups excluding carboxylic acids is 1. The average Bonchev–Trinajstić information content (AvgIpc) is 3.33. The van der Waals surface area contributed by atoms with Crippen molar-refractivity contribution in [3.63, 3.8) is 0 Å². The van der Waals surface area contributed by atoms with Crippen molar-refractivity contribution >= 4 is 16.9 Å². The summed E-state index contributed by atoms with van der Waals surface area (Å²) in [6.45, 7) is 9.82. The minimum absolute atomic E-state index is 0.00964. The molecule has 0 aliphatic rings. The molecule has 1 aromatic heterocycles. The molecule has 0 radical (unpaired) electrons. The number of hydrogen-bond donors (Lipinski definition) is 1. The van der Waals surface area contributed by atoms with E-state index < -0.39 is 0 Å². The van der Waals surface area contributed by atoms with E-state index in [9.17, 15) is 4.79 Å². The smallest absolute Gasteiger partial charge is 0.257 e. The lowest BCUT2D eigenvalue weighted by Crippen LogP contribution is -2.30. The first-order valence-electron chi connectivity index (χ1n) is 14.3. The Morgan fingerprint density at radius 3 is 2.66 bits per heavy atom. The van der Waals surface area contributed by atoms with Crippen LogP contribution in [-0.4, -0.2) is 42.3 Å². The Morgan fingerprint density at radius 1 is 0.976 bits per heavy atom. The average molecular weight is 556 g/mol. The second-order valence-electron chi connectivity index (χ2n) is 10.2. The van der Waals surface area contributed by atoms with Crippen molar-refractivity contribution in [2.24, 2.45) is 0 Å². The van der Waals surface area contributed by atoms with E-state index in [1.54, 1.807) is 7.11 Å². The summed E-state index contributed by atoms with van der Waals surface area (Å²) >= 11 is 0. The van der Waals surface area contributed by atoms with Crippen molar-refractivity contribution in [3.05, 3.63) is 95.8 Å². The Kier molecular flexibility index (Phi) is 10.8. The van der Waals surface area contributed by atoms with E-state index in [-0.39, 0.29) is 12.5 Å². The van der Waals surface area contributed by atoms with Gasteiger partial charge in [0, 0.05) is 19.5 Å². The second kappa shape index (κ2) is 14.9. The van der Waals surface area contributed by atoms with Gasteiger partial charge < -0.3 is 24.1 Å². The van der Waals surface area contributed by atoms with Gasteiger partial charge >= 0.3 is 0 Å². The van der Waals surface area contributed by atoms with Crippen molar-refractivity contribution in [2.75, 3.05) is 26.9 Å². The number of benzene rings is 3. The van der Waals surface area contributed by atoms with Gasteiger partial charge in [0.15, 0.2) is 18.1 Å². The minimum atomic E-state index is -0.119. The van der Waals surface area contributed by atoms with Gasteiger partial charge in [0.25, 0.3) is 5.91 Å². The molecule has 3 aromatic carbocycles. The van der Waals surface area contributed by atoms with E-state index in [1.165, 1.54) is 0 Å². The summed E-state index contributed by atoms with van der Waals surface area (Å²) in [7, 11) is 1.66. The highest BCUT2D eigenvalue weighted by Gasteiger charge is 2.12. The van der Waals surface area contributed by atoms with Crippen molar-refractivity contribution in [1.82, 2.24) is 14.9 Å². The Morgan fingerprint density at radius 2 is 1.83 bits per heavy atom. The largest absolute Gasteiger partial charge is 0.493 e. The highest BCUT2D eigenvalue weighted by Crippen LogP contribution is 2.28. The number of carbonyl (C=O) groups is 1. The normalized spacial score (nSPS) is 10.9. The molecule has 41 heavy (non-hydrogen) atoms. The number of rotatable bonds is 16. The zero-order chi connectivity index (χ0) is 29.0. The number of fused-ring (bicyclic) bond motifs is 1. The van der Waals surface area contributed by atoms with E-state index in [0.717, 1.165) is 89.4 Å². The zero-order valence-corrected chi connectivity index (χ0v) is 24.4. The number of ether oxygens (including phenoxy) is 3. The standard InChI is InChI=1S/C34H41N3O4/c1-5-11-27-17-18-30(32(23-27)39-4)40-21-9-8-20-37-29-13-7-6-12-28(29)36-33(37)14-10-19-35-34(38)24-41-31-22-25(2)15-16-26(31)3/h5-7,12-13,15-18,22-23H,1,8-11,14,19-21,24H2,2-4H3,(H,35,38). The van der Waals surface area contributed by atoms with E-state index in [1.807, 2.05) is 74.5 Å². The molecule has 7 heteroatoms. The lowest BCUT2D eigenvalue weighted by atomic mass is 10.1. The molecule has 7 nitrogen and oxygen atoms in total. The third-order valence-electron chi connectivity index (χ3n) is 6.98. The van der Waals surface area contributed by atoms with E-state index >= 15 is 0 Å². The number of para-hydroxylation sites is 2. The molecule has 0 saturated heterocycles. The van der Waals surface area contributed by atoms with Crippen LogP contribution in [0.3, 0.4) is 0 Å². The van der Waals surface area contributed by atoms with Gasteiger partial charge in [-0.3, -0.25) is 4.79 Å². The van der Waals surface area contributed by atoms with Gasteiger partial charge in [0.1, 0.15) is 11.6 Å². The molecule has 0 saturated carbocycles. The molecule has 0 aliphatic heterocycles. The fourth-order valence-corrected chi connectivity index (χ4v) is 4.78. The Balaban J connectivity index is 1.25. The zero-order valence-electron chi connectivity index (χ0n) is 24.4. The predicted molar refractivity (Wildman–Crippen MR) is 164 cm³/mol. The van der Waals surface area contributed by atoms with Crippen LogP contribution in [0.5, 0.6) is 17.2 Å². The molecule has 1 amide bonds. The lowest BCUT2D eigenvalue weighted by Gasteiger charge is -2.13. The Hall–Kier alpha value is -4.26. The third-order valence-corrected chi connectivity index (χ3v) is 6.98. The molecule has 4 rings (SSSR count). The summed E-state index contributed by atoms with van der Waals surface area (Å²) < 4.78 is 19.6. The maximum Gasteiger partial charge on any atom is 0.257 e. The highest BCUT2D eigenvalue weighted by molar-refractivity contribution is 5.77. The number of nitrogens with zero attached hydrogens (tertiary/aromatic N) is 2. The molecule has 216 valence electrons. The van der Waals surface area contributed by atoms with Gasteiger partial charge in [-0.15, -0.1) is 6.58 Å². The van der Waals surface area contributed by atoms with Crippen LogP contribution in [0.4, 0.5) is 0 Å². The van der Waals surface area contributed by atoms with E-state index in [0.29, 0.717) is 13.2 Å². The van der Waals surface area contributed by atoms with Crippen LogP contribution in [0.1, 0.15) is 41.8 Å². The monoisotopic (exact) mass is 555 g/mol. The SMILES string of the molecule is C=CCc1ccc(OCCCCn2c(CCCNC(=O)COc3cc(C)ccc3C)nc3ccccc32)c(OC)c1. The molecule has 0 atom stereocenters. The maximum absolute atomic E-state index is 12.3. The summed E-state index contributed by atoms with van der Waals surface area (Å²) in [6.07, 6.45) is 6.10. The van der Waals surface area contributed by atoms with Crippen molar-refractivity contribution < 1.29 is 19.0 Å². The summed E-state index contributed by atoms with van der Waals surface area (Å²) in [5.41, 5.74) is 5.40. The molecule has 0 bridgehead atoms. The van der Waals surface area contributed by atoms with Crippen LogP contribution in [-0.2, 0) is 24.2 Å². The molecule has 1 N–H and O–H groups in total. The molecule has 0 spiro atoms. The van der Waals surface area contributed by atoms with Crippen LogP contribution < -0.4 is 19.5 Å². The highest BCUT2D eigenvalue weighted by atomic mass is 16.5. The maximum atomic E-state index is 12.3. The number of aromatic nitrogens is 2. The number of imidazole rings is 1. The third kappa shape index (κ3) is 8.37. The summed E-state index contributed by atoms with van der Waals surface area (Å²) in [4.78, 5) is 17.2. The van der Waals surface area contributed by atoms with Crippen molar-refractivity contribution in [1.29, 1.82) is 0 Å². The first kappa shape index (κ1) is 29.7. The molecular weight excluding hydrogens is 514 g/mol. The quantitative estimate of drug-likeness (QED) is 0.128. The Labute approximate surface area is 243 Å². The van der Waals surface area contributed by atoms with E-state index in [2.05, 4.69) is 22.5 Å². The molecule has 0 aliphatic carbocycles. The summed E-state index contributed by atoms with van der Waals surface area (Å²) in [6, 6.07) is 20.2. The second-order valence-corrected chi connectivity index (χ2v) is 10.2. The van der Waals surface area contributed by atoms with E-state index in [4.69, 9.17) is 19.2 Å². The number of methoxy groups -OCH3 is 1. The number of nitrogens with one attached hydrogen (secondary N) is 1. The number of aryl methyl sites for hydroxylation is 4. The number of allylic oxidation sites excluding steroid dienone is 1. The fourth-order valence-electron chi connectivity index (χ4n) is 4.78. The molecule has 0 unspecified atom stereocenters. The molecule has 4 aromatic rings. The first-order chi connectivity index (χ1) is 20.0. The van der Waals surface area contributed by atoms with Gasteiger partial charge in [0.05, 0.1) is 24.8 Å². The van der Waals surface area contributed by atoms with Crippen LogP contribution in [0.15, 0.2) is 73.3 Å². The number of amides is 1. The summed E-state index contributed by atoms with van der Waals surface area (Å²) in [5.74, 6) is 3.17. The van der Waals surface area contributed by atoms with Crippen LogP contribution in [0.25, 0.3) is 11.0 Å². The van der Waals surface area contributed by atoms with Gasteiger partial charge in [-0.2, -0.15) is 0 Å². The number of unbranched alkanes of at least 4 members (excludes halogenated alkanes) is 1.